The van der Waals surface area contributed by atoms with Gasteiger partial charge < -0.3 is 5.32 Å². The number of benzene rings is 1. The Morgan fingerprint density at radius 1 is 1.21 bits per heavy atom. The maximum absolute atomic E-state index is 5.97. The minimum Gasteiger partial charge on any atom is -0.314 e. The van der Waals surface area contributed by atoms with Crippen LogP contribution in [0, 0.1) is 17.8 Å². The van der Waals surface area contributed by atoms with Gasteiger partial charge in [0.25, 0.3) is 0 Å². The molecule has 0 unspecified atom stereocenters. The van der Waals surface area contributed by atoms with E-state index in [2.05, 4.69) is 17.2 Å². The zero-order chi connectivity index (χ0) is 9.97. The minimum atomic E-state index is 0.447. The van der Waals surface area contributed by atoms with Crippen LogP contribution in [0.2, 0.25) is 10.0 Å². The van der Waals surface area contributed by atoms with Crippen molar-refractivity contribution in [2.75, 3.05) is 13.1 Å². The molecule has 3 heteroatoms. The predicted octanol–water partition coefficient (Wildman–Crippen LogP) is 2.56. The average molecular weight is 226 g/mol. The molecule has 14 heavy (non-hydrogen) atoms. The van der Waals surface area contributed by atoms with Gasteiger partial charge in [0.1, 0.15) is 0 Å². The lowest BCUT2D eigenvalue weighted by atomic mass is 10.0. The second-order valence-corrected chi connectivity index (χ2v) is 4.04. The molecule has 0 saturated carbocycles. The summed E-state index contributed by atoms with van der Waals surface area (Å²) in [5.41, 5.74) is 0.739. The van der Waals surface area contributed by atoms with E-state index in [1.54, 1.807) is 12.1 Å². The number of hydrogen-bond acceptors (Lipinski definition) is 1. The van der Waals surface area contributed by atoms with Crippen LogP contribution in [0.1, 0.15) is 5.56 Å². The van der Waals surface area contributed by atoms with E-state index in [0.29, 0.717) is 16.0 Å². The van der Waals surface area contributed by atoms with E-state index in [1.807, 2.05) is 6.07 Å². The molecule has 0 radical (unpaired) electrons. The second kappa shape index (κ2) is 4.23. The van der Waals surface area contributed by atoms with Crippen LogP contribution in [0.25, 0.3) is 0 Å². The predicted molar refractivity (Wildman–Crippen MR) is 59.7 cm³/mol. The van der Waals surface area contributed by atoms with Crippen molar-refractivity contribution in [1.82, 2.24) is 5.32 Å². The van der Waals surface area contributed by atoms with Crippen LogP contribution in [0.3, 0.4) is 0 Å². The third-order valence-corrected chi connectivity index (χ3v) is 2.78. The van der Waals surface area contributed by atoms with Gasteiger partial charge in [0.15, 0.2) is 0 Å². The van der Waals surface area contributed by atoms with Gasteiger partial charge in [0.2, 0.25) is 0 Å². The van der Waals surface area contributed by atoms with Gasteiger partial charge in [0, 0.05) is 19.0 Å². The van der Waals surface area contributed by atoms with Gasteiger partial charge in [-0.1, -0.05) is 41.1 Å². The van der Waals surface area contributed by atoms with Gasteiger partial charge >= 0.3 is 0 Å². The highest BCUT2D eigenvalue weighted by atomic mass is 35.5. The molecule has 0 aromatic heterocycles. The maximum Gasteiger partial charge on any atom is 0.0618 e. The summed E-state index contributed by atoms with van der Waals surface area (Å²) in [6.45, 7) is 1.93. The van der Waals surface area contributed by atoms with Crippen LogP contribution >= 0.6 is 23.2 Å². The number of hydrogen-bond donors (Lipinski definition) is 1. The van der Waals surface area contributed by atoms with Gasteiger partial charge in [0.05, 0.1) is 15.6 Å². The fourth-order valence-corrected chi connectivity index (χ4v) is 1.67. The van der Waals surface area contributed by atoms with Gasteiger partial charge in [-0.05, 0) is 12.1 Å². The molecule has 1 aromatic rings. The van der Waals surface area contributed by atoms with Crippen molar-refractivity contribution in [3.05, 3.63) is 33.8 Å². The molecule has 0 atom stereocenters. The molecule has 1 nitrogen and oxygen atoms in total. The Balaban J connectivity index is 2.25. The van der Waals surface area contributed by atoms with Crippen molar-refractivity contribution in [3.63, 3.8) is 0 Å². The lowest BCUT2D eigenvalue weighted by molar-refractivity contribution is 0.432. The molecule has 1 heterocycles. The topological polar surface area (TPSA) is 12.0 Å². The van der Waals surface area contributed by atoms with Crippen LogP contribution < -0.4 is 5.32 Å². The van der Waals surface area contributed by atoms with E-state index >= 15 is 0 Å². The van der Waals surface area contributed by atoms with Crippen LogP contribution in [0.5, 0.6) is 0 Å². The molecular weight excluding hydrogens is 217 g/mol. The van der Waals surface area contributed by atoms with Gasteiger partial charge in [-0.2, -0.15) is 0 Å². The Bertz CT molecular complexity index is 379. The monoisotopic (exact) mass is 225 g/mol. The van der Waals surface area contributed by atoms with Crippen molar-refractivity contribution in [2.45, 2.75) is 0 Å². The molecule has 1 aliphatic heterocycles. The van der Waals surface area contributed by atoms with E-state index in [-0.39, 0.29) is 0 Å². The standard InChI is InChI=1S/C11H9Cl2N/c12-10-2-1-3-11(13)9(10)5-4-8-6-14-7-8/h1-3,8,14H,6-7H2. The number of nitrogens with one attached hydrogen (secondary N) is 1. The summed E-state index contributed by atoms with van der Waals surface area (Å²) in [5, 5.41) is 4.40. The van der Waals surface area contributed by atoms with Crippen LogP contribution in [-0.4, -0.2) is 13.1 Å². The van der Waals surface area contributed by atoms with E-state index in [0.717, 1.165) is 18.7 Å². The molecule has 0 bridgehead atoms. The van der Waals surface area contributed by atoms with Gasteiger partial charge in [-0.15, -0.1) is 0 Å². The normalized spacial score (nSPS) is 15.6. The Labute approximate surface area is 93.4 Å². The van der Waals surface area contributed by atoms with Crippen molar-refractivity contribution >= 4 is 23.2 Å². The summed E-state index contributed by atoms with van der Waals surface area (Å²) in [5.74, 6) is 6.61. The van der Waals surface area contributed by atoms with Crippen LogP contribution in [0.15, 0.2) is 18.2 Å². The lowest BCUT2D eigenvalue weighted by Crippen LogP contribution is -2.40. The Kier molecular flexibility index (Phi) is 2.98. The summed E-state index contributed by atoms with van der Waals surface area (Å²) in [6.07, 6.45) is 0. The zero-order valence-corrected chi connectivity index (χ0v) is 8.99. The SMILES string of the molecule is Clc1cccc(Cl)c1C#CC1CNC1. The first-order valence-corrected chi connectivity index (χ1v) is 5.19. The van der Waals surface area contributed by atoms with Crippen LogP contribution in [-0.2, 0) is 0 Å². The summed E-state index contributed by atoms with van der Waals surface area (Å²) in [6, 6.07) is 5.42. The minimum absolute atomic E-state index is 0.447. The quantitative estimate of drug-likeness (QED) is 0.670. The van der Waals surface area contributed by atoms with E-state index < -0.39 is 0 Å². The van der Waals surface area contributed by atoms with Crippen molar-refractivity contribution in [2.24, 2.45) is 5.92 Å². The highest BCUT2D eigenvalue weighted by Crippen LogP contribution is 2.23. The molecule has 0 spiro atoms. The molecule has 1 aliphatic rings. The fraction of sp³-hybridized carbons (Fsp3) is 0.273. The smallest absolute Gasteiger partial charge is 0.0618 e. The molecule has 0 aliphatic carbocycles. The van der Waals surface area contributed by atoms with Crippen molar-refractivity contribution in [3.8, 4) is 11.8 Å². The lowest BCUT2D eigenvalue weighted by Gasteiger charge is -2.21. The molecular formula is C11H9Cl2N. The van der Waals surface area contributed by atoms with Crippen molar-refractivity contribution < 1.29 is 0 Å². The zero-order valence-electron chi connectivity index (χ0n) is 7.48. The first kappa shape index (κ1) is 9.86. The van der Waals surface area contributed by atoms with Crippen LogP contribution in [0.4, 0.5) is 0 Å². The molecule has 1 fully saturated rings. The third-order valence-electron chi connectivity index (χ3n) is 2.15. The number of rotatable bonds is 0. The first-order chi connectivity index (χ1) is 6.77. The summed E-state index contributed by atoms with van der Waals surface area (Å²) in [4.78, 5) is 0. The molecule has 1 saturated heterocycles. The fourth-order valence-electron chi connectivity index (χ4n) is 1.18. The first-order valence-electron chi connectivity index (χ1n) is 4.43. The molecule has 72 valence electrons. The Morgan fingerprint density at radius 2 is 1.86 bits per heavy atom. The maximum atomic E-state index is 5.97. The largest absolute Gasteiger partial charge is 0.314 e. The van der Waals surface area contributed by atoms with E-state index in [1.165, 1.54) is 0 Å². The van der Waals surface area contributed by atoms with E-state index in [9.17, 15) is 0 Å². The average Bonchev–Trinajstić information content (AvgIpc) is 2.07. The summed E-state index contributed by atoms with van der Waals surface area (Å²) >= 11 is 11.9. The van der Waals surface area contributed by atoms with Gasteiger partial charge in [-0.3, -0.25) is 0 Å². The molecule has 1 aromatic carbocycles. The van der Waals surface area contributed by atoms with Gasteiger partial charge in [-0.25, -0.2) is 0 Å². The summed E-state index contributed by atoms with van der Waals surface area (Å²) in [7, 11) is 0. The van der Waals surface area contributed by atoms with E-state index in [4.69, 9.17) is 23.2 Å². The summed E-state index contributed by atoms with van der Waals surface area (Å²) < 4.78 is 0. The third kappa shape index (κ3) is 2.04. The Hall–Kier alpha value is -0.680. The van der Waals surface area contributed by atoms with Crippen molar-refractivity contribution in [1.29, 1.82) is 0 Å². The highest BCUT2D eigenvalue weighted by molar-refractivity contribution is 6.36. The number of halogens is 2. The molecule has 2 rings (SSSR count). The molecule has 1 N–H and O–H groups in total. The molecule has 0 amide bonds. The highest BCUT2D eigenvalue weighted by Gasteiger charge is 2.13. The Morgan fingerprint density at radius 3 is 2.36 bits per heavy atom. The second-order valence-electron chi connectivity index (χ2n) is 3.22.